The molecule has 0 bridgehead atoms. The second kappa shape index (κ2) is 6.10. The van der Waals surface area contributed by atoms with Gasteiger partial charge < -0.3 is 14.6 Å². The topological polar surface area (TPSA) is 64.4 Å². The third kappa shape index (κ3) is 3.31. The Morgan fingerprint density at radius 2 is 2.14 bits per heavy atom. The standard InChI is InChI=1S/C16H18N2O3/c1-20-10-13-5-3-2-4-12(13)9-17-16(19)14-8-15(21-18-14)11-6-7-11/h2-5,8,11H,6-7,9-10H2,1H3,(H,17,19). The molecule has 0 atom stereocenters. The Bertz CT molecular complexity index is 632. The zero-order valence-electron chi connectivity index (χ0n) is 12.0. The van der Waals surface area contributed by atoms with Gasteiger partial charge >= 0.3 is 0 Å². The van der Waals surface area contributed by atoms with Crippen molar-refractivity contribution >= 4 is 5.91 Å². The molecule has 1 aliphatic rings. The summed E-state index contributed by atoms with van der Waals surface area (Å²) in [6, 6.07) is 9.62. The molecule has 1 heterocycles. The van der Waals surface area contributed by atoms with Crippen molar-refractivity contribution in [2.45, 2.75) is 31.9 Å². The van der Waals surface area contributed by atoms with Gasteiger partial charge in [-0.1, -0.05) is 29.4 Å². The first-order valence-corrected chi connectivity index (χ1v) is 7.08. The quantitative estimate of drug-likeness (QED) is 0.886. The molecule has 0 saturated heterocycles. The highest BCUT2D eigenvalue weighted by molar-refractivity contribution is 5.92. The van der Waals surface area contributed by atoms with Crippen molar-refractivity contribution in [1.29, 1.82) is 0 Å². The summed E-state index contributed by atoms with van der Waals surface area (Å²) in [7, 11) is 1.66. The minimum absolute atomic E-state index is 0.210. The Morgan fingerprint density at radius 3 is 2.86 bits per heavy atom. The molecule has 1 amide bonds. The van der Waals surface area contributed by atoms with Gasteiger partial charge in [0.05, 0.1) is 6.61 Å². The fraction of sp³-hybridized carbons (Fsp3) is 0.375. The van der Waals surface area contributed by atoms with Crippen molar-refractivity contribution in [3.8, 4) is 0 Å². The van der Waals surface area contributed by atoms with Gasteiger partial charge in [-0.05, 0) is 24.0 Å². The molecular weight excluding hydrogens is 268 g/mol. The van der Waals surface area contributed by atoms with E-state index in [0.29, 0.717) is 24.8 Å². The van der Waals surface area contributed by atoms with Crippen LogP contribution < -0.4 is 5.32 Å². The first-order valence-electron chi connectivity index (χ1n) is 7.08. The van der Waals surface area contributed by atoms with E-state index in [1.165, 1.54) is 0 Å². The van der Waals surface area contributed by atoms with Gasteiger partial charge in [-0.15, -0.1) is 0 Å². The molecule has 1 aromatic carbocycles. The Kier molecular flexibility index (Phi) is 4.01. The molecule has 1 fully saturated rings. The van der Waals surface area contributed by atoms with Crippen LogP contribution in [0.5, 0.6) is 0 Å². The maximum absolute atomic E-state index is 12.1. The molecule has 0 aliphatic heterocycles. The molecule has 110 valence electrons. The number of carbonyl (C=O) groups is 1. The van der Waals surface area contributed by atoms with Crippen molar-refractivity contribution in [3.63, 3.8) is 0 Å². The van der Waals surface area contributed by atoms with Crippen LogP contribution in [0.2, 0.25) is 0 Å². The highest BCUT2D eigenvalue weighted by atomic mass is 16.5. The number of aromatic nitrogens is 1. The van der Waals surface area contributed by atoms with E-state index in [1.807, 2.05) is 24.3 Å². The maximum Gasteiger partial charge on any atom is 0.273 e. The van der Waals surface area contributed by atoms with E-state index >= 15 is 0 Å². The van der Waals surface area contributed by atoms with Gasteiger partial charge in [-0.2, -0.15) is 0 Å². The van der Waals surface area contributed by atoms with E-state index in [0.717, 1.165) is 29.7 Å². The van der Waals surface area contributed by atoms with Crippen LogP contribution in [-0.2, 0) is 17.9 Å². The number of hydrogen-bond acceptors (Lipinski definition) is 4. The van der Waals surface area contributed by atoms with Crippen LogP contribution in [0.4, 0.5) is 0 Å². The first-order chi connectivity index (χ1) is 10.3. The third-order valence-corrected chi connectivity index (χ3v) is 3.60. The van der Waals surface area contributed by atoms with Crippen molar-refractivity contribution < 1.29 is 14.1 Å². The maximum atomic E-state index is 12.1. The SMILES string of the molecule is COCc1ccccc1CNC(=O)c1cc(C2CC2)on1. The summed E-state index contributed by atoms with van der Waals surface area (Å²) < 4.78 is 10.3. The van der Waals surface area contributed by atoms with Crippen LogP contribution in [0.3, 0.4) is 0 Å². The fourth-order valence-electron chi connectivity index (χ4n) is 2.25. The van der Waals surface area contributed by atoms with Gasteiger partial charge in [0.25, 0.3) is 5.91 Å². The molecule has 0 spiro atoms. The molecule has 1 aromatic heterocycles. The van der Waals surface area contributed by atoms with Crippen LogP contribution >= 0.6 is 0 Å². The normalized spacial score (nSPS) is 14.1. The van der Waals surface area contributed by atoms with Crippen LogP contribution in [0, 0.1) is 0 Å². The summed E-state index contributed by atoms with van der Waals surface area (Å²) in [5.74, 6) is 1.07. The highest BCUT2D eigenvalue weighted by Gasteiger charge is 2.28. The summed E-state index contributed by atoms with van der Waals surface area (Å²) in [6.45, 7) is 0.978. The number of ether oxygens (including phenoxy) is 1. The smallest absolute Gasteiger partial charge is 0.273 e. The zero-order chi connectivity index (χ0) is 14.7. The third-order valence-electron chi connectivity index (χ3n) is 3.60. The van der Waals surface area contributed by atoms with Gasteiger partial charge in [0.15, 0.2) is 5.69 Å². The Balaban J connectivity index is 1.62. The minimum Gasteiger partial charge on any atom is -0.380 e. The predicted octanol–water partition coefficient (Wildman–Crippen LogP) is 2.63. The molecule has 1 aliphatic carbocycles. The number of amides is 1. The Labute approximate surface area is 123 Å². The number of nitrogens with one attached hydrogen (secondary N) is 1. The van der Waals surface area contributed by atoms with E-state index in [9.17, 15) is 4.79 Å². The van der Waals surface area contributed by atoms with Crippen LogP contribution in [0.15, 0.2) is 34.9 Å². The summed E-state index contributed by atoms with van der Waals surface area (Å²) in [5, 5.41) is 6.71. The monoisotopic (exact) mass is 286 g/mol. The van der Waals surface area contributed by atoms with E-state index in [-0.39, 0.29) is 5.91 Å². The van der Waals surface area contributed by atoms with E-state index < -0.39 is 0 Å². The van der Waals surface area contributed by atoms with E-state index in [2.05, 4.69) is 10.5 Å². The van der Waals surface area contributed by atoms with Gasteiger partial charge in [0, 0.05) is 25.6 Å². The van der Waals surface area contributed by atoms with Gasteiger partial charge in [-0.3, -0.25) is 4.79 Å². The largest absolute Gasteiger partial charge is 0.380 e. The number of carbonyl (C=O) groups excluding carboxylic acids is 1. The van der Waals surface area contributed by atoms with Crippen molar-refractivity contribution in [2.75, 3.05) is 7.11 Å². The lowest BCUT2D eigenvalue weighted by molar-refractivity contribution is 0.0941. The second-order valence-corrected chi connectivity index (χ2v) is 5.27. The second-order valence-electron chi connectivity index (χ2n) is 5.27. The number of rotatable bonds is 6. The van der Waals surface area contributed by atoms with Crippen molar-refractivity contribution in [1.82, 2.24) is 10.5 Å². The van der Waals surface area contributed by atoms with Gasteiger partial charge in [0.1, 0.15) is 5.76 Å². The van der Waals surface area contributed by atoms with Crippen LogP contribution in [0.25, 0.3) is 0 Å². The molecule has 1 N–H and O–H groups in total. The van der Waals surface area contributed by atoms with Gasteiger partial charge in [-0.25, -0.2) is 0 Å². The lowest BCUT2D eigenvalue weighted by atomic mass is 10.1. The van der Waals surface area contributed by atoms with Gasteiger partial charge in [0.2, 0.25) is 0 Å². The fourth-order valence-corrected chi connectivity index (χ4v) is 2.25. The number of nitrogens with zero attached hydrogens (tertiary/aromatic N) is 1. The zero-order valence-corrected chi connectivity index (χ0v) is 12.0. The van der Waals surface area contributed by atoms with E-state index in [4.69, 9.17) is 9.26 Å². The van der Waals surface area contributed by atoms with E-state index in [1.54, 1.807) is 13.2 Å². The highest BCUT2D eigenvalue weighted by Crippen LogP contribution is 2.40. The number of methoxy groups -OCH3 is 1. The summed E-state index contributed by atoms with van der Waals surface area (Å²) in [6.07, 6.45) is 2.25. The van der Waals surface area contributed by atoms with Crippen molar-refractivity contribution in [3.05, 3.63) is 52.9 Å². The molecule has 0 radical (unpaired) electrons. The molecule has 2 aromatic rings. The minimum atomic E-state index is -0.210. The molecular formula is C16H18N2O3. The summed E-state index contributed by atoms with van der Waals surface area (Å²) in [4.78, 5) is 12.1. The molecule has 5 heteroatoms. The molecule has 21 heavy (non-hydrogen) atoms. The number of benzene rings is 1. The molecule has 1 saturated carbocycles. The lowest BCUT2D eigenvalue weighted by Crippen LogP contribution is -2.23. The first kappa shape index (κ1) is 13.8. The lowest BCUT2D eigenvalue weighted by Gasteiger charge is -2.09. The average Bonchev–Trinajstić information content (AvgIpc) is 3.24. The van der Waals surface area contributed by atoms with Crippen molar-refractivity contribution in [2.24, 2.45) is 0 Å². The van der Waals surface area contributed by atoms with Crippen LogP contribution in [0.1, 0.15) is 46.1 Å². The average molecular weight is 286 g/mol. The predicted molar refractivity (Wildman–Crippen MR) is 76.8 cm³/mol. The Morgan fingerprint density at radius 1 is 1.38 bits per heavy atom. The molecule has 3 rings (SSSR count). The molecule has 5 nitrogen and oxygen atoms in total. The summed E-state index contributed by atoms with van der Waals surface area (Å²) in [5.41, 5.74) is 2.46. The number of hydrogen-bond donors (Lipinski definition) is 1. The Hall–Kier alpha value is -2.14. The van der Waals surface area contributed by atoms with Crippen LogP contribution in [-0.4, -0.2) is 18.2 Å². The summed E-state index contributed by atoms with van der Waals surface area (Å²) >= 11 is 0. The molecule has 0 unspecified atom stereocenters.